The van der Waals surface area contributed by atoms with E-state index in [1.54, 1.807) is 0 Å². The Kier molecular flexibility index (Phi) is 5.79. The third-order valence-corrected chi connectivity index (χ3v) is 5.38. The maximum atomic E-state index is 13.7. The molecule has 0 fully saturated rings. The normalized spacial score (nSPS) is 11.7. The number of anilines is 2. The molecule has 0 aliphatic rings. The maximum Gasteiger partial charge on any atom is 0.416 e. The second-order valence-electron chi connectivity index (χ2n) is 6.14. The molecule has 10 heteroatoms. The molecule has 0 bridgehead atoms. The van der Waals surface area contributed by atoms with Crippen molar-refractivity contribution in [2.75, 3.05) is 10.0 Å². The molecule has 0 spiro atoms. The average Bonchev–Trinajstić information content (AvgIpc) is 2.68. The molecule has 30 heavy (non-hydrogen) atoms. The van der Waals surface area contributed by atoms with Gasteiger partial charge < -0.3 is 5.32 Å². The van der Waals surface area contributed by atoms with Gasteiger partial charge in [-0.15, -0.1) is 0 Å². The summed E-state index contributed by atoms with van der Waals surface area (Å²) in [6.45, 7) is 0. The van der Waals surface area contributed by atoms with Gasteiger partial charge >= 0.3 is 6.18 Å². The van der Waals surface area contributed by atoms with Gasteiger partial charge in [0.25, 0.3) is 15.9 Å². The Labute approximate surface area is 169 Å². The van der Waals surface area contributed by atoms with Gasteiger partial charge in [-0.2, -0.15) is 13.2 Å². The molecule has 1 amide bonds. The lowest BCUT2D eigenvalue weighted by Gasteiger charge is -2.12. The number of halogens is 4. The van der Waals surface area contributed by atoms with Crippen LogP contribution in [0, 0.1) is 5.82 Å². The molecular formula is C20H14F4N2O3S. The van der Waals surface area contributed by atoms with Crippen molar-refractivity contribution < 1.29 is 30.8 Å². The zero-order chi connectivity index (χ0) is 21.9. The van der Waals surface area contributed by atoms with Crippen molar-refractivity contribution in [1.82, 2.24) is 0 Å². The molecule has 0 radical (unpaired) electrons. The van der Waals surface area contributed by atoms with Crippen molar-refractivity contribution in [1.29, 1.82) is 0 Å². The van der Waals surface area contributed by atoms with E-state index in [1.807, 2.05) is 0 Å². The molecule has 0 atom stereocenters. The molecule has 0 unspecified atom stereocenters. The van der Waals surface area contributed by atoms with E-state index in [-0.39, 0.29) is 21.8 Å². The second-order valence-corrected chi connectivity index (χ2v) is 7.82. The van der Waals surface area contributed by atoms with Crippen LogP contribution < -0.4 is 10.0 Å². The van der Waals surface area contributed by atoms with Crippen LogP contribution >= 0.6 is 0 Å². The summed E-state index contributed by atoms with van der Waals surface area (Å²) in [5.41, 5.74) is -1.21. The summed E-state index contributed by atoms with van der Waals surface area (Å²) in [5, 5.41) is 2.43. The van der Waals surface area contributed by atoms with Gasteiger partial charge in [-0.1, -0.05) is 18.2 Å². The SMILES string of the molecule is O=C(Nc1ccc(S(=O)(=O)Nc2cccc(C(F)(F)F)c2)cc1)c1ccccc1F. The summed E-state index contributed by atoms with van der Waals surface area (Å²) in [6.07, 6.45) is -4.61. The summed E-state index contributed by atoms with van der Waals surface area (Å²) in [4.78, 5) is 11.9. The first-order chi connectivity index (χ1) is 14.1. The van der Waals surface area contributed by atoms with E-state index >= 15 is 0 Å². The number of sulfonamides is 1. The van der Waals surface area contributed by atoms with E-state index < -0.39 is 33.5 Å². The van der Waals surface area contributed by atoms with Gasteiger partial charge in [0, 0.05) is 11.4 Å². The molecular weight excluding hydrogens is 424 g/mol. The average molecular weight is 438 g/mol. The van der Waals surface area contributed by atoms with Crippen molar-refractivity contribution >= 4 is 27.3 Å². The van der Waals surface area contributed by atoms with Crippen molar-refractivity contribution in [3.8, 4) is 0 Å². The van der Waals surface area contributed by atoms with Crippen LogP contribution in [0.15, 0.2) is 77.7 Å². The Morgan fingerprint density at radius 2 is 1.50 bits per heavy atom. The van der Waals surface area contributed by atoms with Crippen LogP contribution in [-0.2, 0) is 16.2 Å². The van der Waals surface area contributed by atoms with Crippen molar-refractivity contribution in [2.45, 2.75) is 11.1 Å². The third-order valence-electron chi connectivity index (χ3n) is 3.98. The monoisotopic (exact) mass is 438 g/mol. The van der Waals surface area contributed by atoms with Crippen LogP contribution in [0.25, 0.3) is 0 Å². The fraction of sp³-hybridized carbons (Fsp3) is 0.0500. The molecule has 5 nitrogen and oxygen atoms in total. The minimum absolute atomic E-state index is 0.180. The van der Waals surface area contributed by atoms with E-state index in [2.05, 4.69) is 10.0 Å². The van der Waals surface area contributed by atoms with Gasteiger partial charge in [0.1, 0.15) is 5.82 Å². The lowest BCUT2D eigenvalue weighted by atomic mass is 10.2. The Morgan fingerprint density at radius 3 is 2.13 bits per heavy atom. The van der Waals surface area contributed by atoms with Crippen LogP contribution in [-0.4, -0.2) is 14.3 Å². The molecule has 3 rings (SSSR count). The van der Waals surface area contributed by atoms with Crippen LogP contribution in [0.4, 0.5) is 28.9 Å². The molecule has 2 N–H and O–H groups in total. The van der Waals surface area contributed by atoms with E-state index in [4.69, 9.17) is 0 Å². The number of alkyl halides is 3. The topological polar surface area (TPSA) is 75.3 Å². The van der Waals surface area contributed by atoms with Crippen molar-refractivity contribution in [2.24, 2.45) is 0 Å². The third kappa shape index (κ3) is 4.95. The molecule has 0 heterocycles. The fourth-order valence-electron chi connectivity index (χ4n) is 2.53. The number of hydrogen-bond acceptors (Lipinski definition) is 3. The summed E-state index contributed by atoms with van der Waals surface area (Å²) < 4.78 is 78.9. The number of carbonyl (C=O) groups is 1. The highest BCUT2D eigenvalue weighted by atomic mass is 32.2. The number of carbonyl (C=O) groups excluding carboxylic acids is 1. The Bertz CT molecular complexity index is 1180. The minimum atomic E-state index is -4.61. The van der Waals surface area contributed by atoms with Crippen LogP contribution in [0.5, 0.6) is 0 Å². The highest BCUT2D eigenvalue weighted by molar-refractivity contribution is 7.92. The van der Waals surface area contributed by atoms with E-state index in [1.165, 1.54) is 36.4 Å². The molecule has 0 aromatic heterocycles. The molecule has 0 aliphatic carbocycles. The quantitative estimate of drug-likeness (QED) is 0.557. The zero-order valence-corrected chi connectivity index (χ0v) is 15.9. The molecule has 0 aliphatic heterocycles. The van der Waals surface area contributed by atoms with Crippen LogP contribution in [0.1, 0.15) is 15.9 Å². The molecule has 156 valence electrons. The first-order valence-electron chi connectivity index (χ1n) is 8.42. The second kappa shape index (κ2) is 8.15. The zero-order valence-electron chi connectivity index (χ0n) is 15.1. The molecule has 3 aromatic carbocycles. The number of amides is 1. The van der Waals surface area contributed by atoms with E-state index in [0.717, 1.165) is 30.3 Å². The standard InChI is InChI=1S/C20H14F4N2O3S/c21-18-7-2-1-6-17(18)19(27)25-14-8-10-16(11-9-14)30(28,29)26-15-5-3-4-13(12-15)20(22,23)24/h1-12,26H,(H,25,27). The lowest BCUT2D eigenvalue weighted by Crippen LogP contribution is -2.15. The van der Waals surface area contributed by atoms with Gasteiger partial charge in [-0.3, -0.25) is 9.52 Å². The van der Waals surface area contributed by atoms with Gasteiger partial charge in [-0.05, 0) is 54.6 Å². The van der Waals surface area contributed by atoms with E-state index in [0.29, 0.717) is 6.07 Å². The predicted octanol–water partition coefficient (Wildman–Crippen LogP) is 4.90. The summed E-state index contributed by atoms with van der Waals surface area (Å²) >= 11 is 0. The minimum Gasteiger partial charge on any atom is -0.322 e. The van der Waals surface area contributed by atoms with Crippen molar-refractivity contribution in [3.63, 3.8) is 0 Å². The van der Waals surface area contributed by atoms with Gasteiger partial charge in [0.05, 0.1) is 16.0 Å². The first-order valence-corrected chi connectivity index (χ1v) is 9.90. The fourth-order valence-corrected chi connectivity index (χ4v) is 3.58. The maximum absolute atomic E-state index is 13.7. The van der Waals surface area contributed by atoms with E-state index in [9.17, 15) is 30.8 Å². The Balaban J connectivity index is 1.75. The molecule has 0 saturated heterocycles. The van der Waals surface area contributed by atoms with Gasteiger partial charge in [-0.25, -0.2) is 12.8 Å². The molecule has 3 aromatic rings. The van der Waals surface area contributed by atoms with Crippen LogP contribution in [0.3, 0.4) is 0 Å². The van der Waals surface area contributed by atoms with Crippen LogP contribution in [0.2, 0.25) is 0 Å². The number of nitrogens with one attached hydrogen (secondary N) is 2. The summed E-state index contributed by atoms with van der Waals surface area (Å²) in [6, 6.07) is 14.0. The highest BCUT2D eigenvalue weighted by Gasteiger charge is 2.30. The smallest absolute Gasteiger partial charge is 0.322 e. The largest absolute Gasteiger partial charge is 0.416 e. The summed E-state index contributed by atoms with van der Waals surface area (Å²) in [5.74, 6) is -1.43. The first kappa shape index (κ1) is 21.3. The van der Waals surface area contributed by atoms with Gasteiger partial charge in [0.15, 0.2) is 0 Å². The lowest BCUT2D eigenvalue weighted by molar-refractivity contribution is -0.137. The summed E-state index contributed by atoms with van der Waals surface area (Å²) in [7, 11) is -4.17. The number of benzene rings is 3. The van der Waals surface area contributed by atoms with Crippen molar-refractivity contribution in [3.05, 3.63) is 89.7 Å². The predicted molar refractivity (Wildman–Crippen MR) is 103 cm³/mol. The highest BCUT2D eigenvalue weighted by Crippen LogP contribution is 2.31. The number of hydrogen-bond donors (Lipinski definition) is 2. The number of rotatable bonds is 5. The van der Waals surface area contributed by atoms with Gasteiger partial charge in [0.2, 0.25) is 0 Å². The molecule has 0 saturated carbocycles. The Hall–Kier alpha value is -3.40. The Morgan fingerprint density at radius 1 is 0.833 bits per heavy atom.